The third-order valence-electron chi connectivity index (χ3n) is 11.0. The van der Waals surface area contributed by atoms with Crippen molar-refractivity contribution >= 4 is 55.0 Å². The molecule has 0 amide bonds. The Morgan fingerprint density at radius 3 is 1.76 bits per heavy atom. The number of nitrogens with zero attached hydrogens (tertiary/aromatic N) is 3. The molecule has 7 aromatic carbocycles. The van der Waals surface area contributed by atoms with Crippen LogP contribution in [-0.4, -0.2) is 15.2 Å². The molecule has 2 aliphatic rings. The molecular weight excluding hydrogens is 619 g/mol. The zero-order valence-electron chi connectivity index (χ0n) is 27.9. The minimum Gasteiger partial charge on any atom is -0.332 e. The van der Waals surface area contributed by atoms with Gasteiger partial charge in [0, 0.05) is 44.5 Å². The quantitative estimate of drug-likeness (QED) is 0.185. The van der Waals surface area contributed by atoms with Crippen molar-refractivity contribution in [2.24, 2.45) is 0 Å². The number of aromatic nitrogens is 2. The normalized spacial score (nSPS) is 16.4. The van der Waals surface area contributed by atoms with Gasteiger partial charge in [0.1, 0.15) is 0 Å². The maximum atomic E-state index is 2.61. The van der Waals surface area contributed by atoms with Crippen LogP contribution in [0.4, 0.5) is 11.4 Å². The Morgan fingerprint density at radius 1 is 0.392 bits per heavy atom. The van der Waals surface area contributed by atoms with Crippen molar-refractivity contribution in [3.8, 4) is 22.5 Å². The van der Waals surface area contributed by atoms with E-state index < -0.39 is 0 Å². The van der Waals surface area contributed by atoms with Crippen molar-refractivity contribution in [1.29, 1.82) is 0 Å². The van der Waals surface area contributed by atoms with Crippen LogP contribution in [0.1, 0.15) is 11.5 Å². The van der Waals surface area contributed by atoms with E-state index in [1.165, 1.54) is 77.4 Å². The fourth-order valence-corrected chi connectivity index (χ4v) is 8.83. The van der Waals surface area contributed by atoms with Crippen LogP contribution in [0.15, 0.2) is 188 Å². The van der Waals surface area contributed by atoms with Gasteiger partial charge in [0.2, 0.25) is 0 Å². The Labute approximate surface area is 296 Å². The second-order valence-electron chi connectivity index (χ2n) is 13.7. The molecule has 0 spiro atoms. The molecular formula is C48H33N3. The summed E-state index contributed by atoms with van der Waals surface area (Å²) >= 11 is 0. The first kappa shape index (κ1) is 28.3. The topological polar surface area (TPSA) is 13.1 Å². The minimum atomic E-state index is 0.175. The van der Waals surface area contributed by atoms with Crippen molar-refractivity contribution in [3.63, 3.8) is 0 Å². The summed E-state index contributed by atoms with van der Waals surface area (Å²) in [6, 6.07) is 60.1. The van der Waals surface area contributed by atoms with E-state index in [9.17, 15) is 0 Å². The molecule has 3 heteroatoms. The van der Waals surface area contributed by atoms with Crippen LogP contribution in [0, 0.1) is 0 Å². The summed E-state index contributed by atoms with van der Waals surface area (Å²) in [5.41, 5.74) is 13.6. The molecule has 240 valence electrons. The zero-order valence-corrected chi connectivity index (χ0v) is 27.9. The zero-order chi connectivity index (χ0) is 33.5. The van der Waals surface area contributed by atoms with E-state index >= 15 is 0 Å². The van der Waals surface area contributed by atoms with Gasteiger partial charge in [0.25, 0.3) is 0 Å². The predicted molar refractivity (Wildman–Crippen MR) is 214 cm³/mol. The fourth-order valence-electron chi connectivity index (χ4n) is 8.83. The molecule has 2 aromatic heterocycles. The van der Waals surface area contributed by atoms with E-state index in [1.807, 2.05) is 0 Å². The predicted octanol–water partition coefficient (Wildman–Crippen LogP) is 12.3. The van der Waals surface area contributed by atoms with Crippen LogP contribution in [0.3, 0.4) is 0 Å². The maximum Gasteiger partial charge on any atom is 0.0782 e. The maximum absolute atomic E-state index is 2.61. The van der Waals surface area contributed by atoms with E-state index in [0.717, 1.165) is 5.69 Å². The summed E-state index contributed by atoms with van der Waals surface area (Å²) in [6.07, 6.45) is 9.20. The van der Waals surface area contributed by atoms with Crippen LogP contribution in [0.2, 0.25) is 0 Å². The molecule has 0 N–H and O–H groups in total. The molecule has 11 rings (SSSR count). The standard InChI is InChI=1S/C48H33N3/c1-3-13-32(14-4-1)33-23-25-35(26-24-33)49-43-20-10-9-19-39(43)42-31-36(27-30-46(42)49)51-45-22-12-8-18-38(45)41-29-28-40-37-17-7-11-21-44(37)50(47(40)48(41)51)34-15-5-2-6-16-34/h1-31,38,45H. The van der Waals surface area contributed by atoms with Crippen molar-refractivity contribution in [1.82, 2.24) is 9.13 Å². The lowest BCUT2D eigenvalue weighted by atomic mass is 9.91. The molecule has 3 heterocycles. The number of para-hydroxylation sites is 3. The number of allylic oxidation sites excluding steroid dienone is 2. The number of benzene rings is 7. The highest BCUT2D eigenvalue weighted by atomic mass is 15.2. The smallest absolute Gasteiger partial charge is 0.0782 e. The third kappa shape index (κ3) is 4.12. The van der Waals surface area contributed by atoms with Crippen LogP contribution in [0.5, 0.6) is 0 Å². The summed E-state index contributed by atoms with van der Waals surface area (Å²) in [4.78, 5) is 2.61. The van der Waals surface area contributed by atoms with Gasteiger partial charge in [-0.25, -0.2) is 0 Å². The van der Waals surface area contributed by atoms with Crippen molar-refractivity contribution < 1.29 is 0 Å². The number of fused-ring (bicyclic) bond motifs is 10. The average molecular weight is 652 g/mol. The van der Waals surface area contributed by atoms with Gasteiger partial charge < -0.3 is 14.0 Å². The highest BCUT2D eigenvalue weighted by Crippen LogP contribution is 2.53. The monoisotopic (exact) mass is 651 g/mol. The number of hydrogen-bond acceptors (Lipinski definition) is 1. The number of anilines is 2. The molecule has 0 bridgehead atoms. The first-order chi connectivity index (χ1) is 25.3. The van der Waals surface area contributed by atoms with Gasteiger partial charge in [0.05, 0.1) is 33.8 Å². The van der Waals surface area contributed by atoms with Crippen LogP contribution in [0.25, 0.3) is 66.1 Å². The Balaban J connectivity index is 1.15. The molecule has 51 heavy (non-hydrogen) atoms. The van der Waals surface area contributed by atoms with Crippen LogP contribution < -0.4 is 4.90 Å². The molecule has 2 atom stereocenters. The van der Waals surface area contributed by atoms with E-state index in [4.69, 9.17) is 0 Å². The van der Waals surface area contributed by atoms with Crippen molar-refractivity contribution in [3.05, 3.63) is 194 Å². The molecule has 0 saturated heterocycles. The average Bonchev–Trinajstić information content (AvgIpc) is 3.84. The third-order valence-corrected chi connectivity index (χ3v) is 11.0. The SMILES string of the molecule is C1=CC2c3ccc4c5ccccc5n(-c5ccccc5)c4c3N(c3ccc4c(c3)c3ccccc3n4-c3ccc(-c4ccccc4)cc3)C2C=C1. The van der Waals surface area contributed by atoms with Gasteiger partial charge >= 0.3 is 0 Å². The number of rotatable bonds is 4. The summed E-state index contributed by atoms with van der Waals surface area (Å²) in [5, 5.41) is 5.07. The largest absolute Gasteiger partial charge is 0.332 e. The number of hydrogen-bond donors (Lipinski definition) is 0. The summed E-state index contributed by atoms with van der Waals surface area (Å²) < 4.78 is 4.89. The van der Waals surface area contributed by atoms with Gasteiger partial charge in [0.15, 0.2) is 0 Å². The first-order valence-corrected chi connectivity index (χ1v) is 17.8. The Hall–Kier alpha value is -6.58. The Bertz CT molecular complexity index is 2850. The van der Waals surface area contributed by atoms with E-state index in [1.54, 1.807) is 0 Å². The summed E-state index contributed by atoms with van der Waals surface area (Å²) in [7, 11) is 0. The van der Waals surface area contributed by atoms with Gasteiger partial charge in [-0.05, 0) is 71.3 Å². The second-order valence-corrected chi connectivity index (χ2v) is 13.7. The summed E-state index contributed by atoms with van der Waals surface area (Å²) in [5.74, 6) is 0.261. The Kier molecular flexibility index (Phi) is 6.08. The van der Waals surface area contributed by atoms with Crippen molar-refractivity contribution in [2.75, 3.05) is 4.90 Å². The van der Waals surface area contributed by atoms with Gasteiger partial charge in [-0.15, -0.1) is 0 Å². The lowest BCUT2D eigenvalue weighted by Crippen LogP contribution is -2.28. The lowest BCUT2D eigenvalue weighted by Gasteiger charge is -2.29. The second kappa shape index (κ2) is 11.0. The van der Waals surface area contributed by atoms with E-state index in [-0.39, 0.29) is 12.0 Å². The van der Waals surface area contributed by atoms with Crippen LogP contribution >= 0.6 is 0 Å². The molecule has 1 aliphatic carbocycles. The van der Waals surface area contributed by atoms with Crippen molar-refractivity contribution in [2.45, 2.75) is 12.0 Å². The van der Waals surface area contributed by atoms with E-state index in [0.29, 0.717) is 0 Å². The first-order valence-electron chi connectivity index (χ1n) is 17.8. The summed E-state index contributed by atoms with van der Waals surface area (Å²) in [6.45, 7) is 0. The minimum absolute atomic E-state index is 0.175. The molecule has 3 nitrogen and oxygen atoms in total. The molecule has 0 fully saturated rings. The molecule has 9 aromatic rings. The Morgan fingerprint density at radius 2 is 0.980 bits per heavy atom. The van der Waals surface area contributed by atoms with Gasteiger partial charge in [-0.2, -0.15) is 0 Å². The highest BCUT2D eigenvalue weighted by Gasteiger charge is 2.40. The molecule has 1 aliphatic heterocycles. The van der Waals surface area contributed by atoms with Gasteiger partial charge in [-0.1, -0.05) is 133 Å². The van der Waals surface area contributed by atoms with Gasteiger partial charge in [-0.3, -0.25) is 0 Å². The molecule has 2 unspecified atom stereocenters. The highest BCUT2D eigenvalue weighted by molar-refractivity contribution is 6.16. The molecule has 0 saturated carbocycles. The van der Waals surface area contributed by atoms with E-state index in [2.05, 4.69) is 202 Å². The van der Waals surface area contributed by atoms with Crippen LogP contribution in [-0.2, 0) is 0 Å². The lowest BCUT2D eigenvalue weighted by molar-refractivity contribution is 0.745. The fraction of sp³-hybridized carbons (Fsp3) is 0.0417. The molecule has 0 radical (unpaired) electrons.